The number of nitrogens with zero attached hydrogens (tertiary/aromatic N) is 5. The Hall–Kier alpha value is -4.26. The number of aryl methyl sites for hydroxylation is 2. The smallest absolute Gasteiger partial charge is 0.251 e. The summed E-state index contributed by atoms with van der Waals surface area (Å²) < 4.78 is 1.76. The Morgan fingerprint density at radius 1 is 0.939 bits per heavy atom. The molecule has 3 aromatic carbocycles. The van der Waals surface area contributed by atoms with Crippen LogP contribution in [0.25, 0.3) is 5.70 Å². The molecule has 5 rings (SSSR count). The molecule has 0 radical (unpaired) electrons. The monoisotopic (exact) mass is 436 g/mol. The highest BCUT2D eigenvalue weighted by atomic mass is 16.2. The highest BCUT2D eigenvalue weighted by Crippen LogP contribution is 2.36. The van der Waals surface area contributed by atoms with E-state index in [1.54, 1.807) is 4.68 Å². The van der Waals surface area contributed by atoms with E-state index in [1.807, 2.05) is 54.3 Å². The summed E-state index contributed by atoms with van der Waals surface area (Å²) in [6, 6.07) is 25.9. The van der Waals surface area contributed by atoms with Crippen LogP contribution in [0.2, 0.25) is 0 Å². The molecule has 4 aromatic rings. The number of rotatable bonds is 5. The maximum atomic E-state index is 13.0. The SMILES string of the molecule is Cc1ccc(C2=C[C@H](c3ccccc3)n3nnnc3N2CC(=O)Nc2cccc(C)c2)cc1. The van der Waals surface area contributed by atoms with E-state index in [9.17, 15) is 4.79 Å². The van der Waals surface area contributed by atoms with Gasteiger partial charge in [-0.05, 0) is 59.2 Å². The van der Waals surface area contributed by atoms with Crippen molar-refractivity contribution in [1.82, 2.24) is 20.2 Å². The van der Waals surface area contributed by atoms with E-state index in [-0.39, 0.29) is 18.5 Å². The van der Waals surface area contributed by atoms with Gasteiger partial charge < -0.3 is 5.32 Å². The maximum Gasteiger partial charge on any atom is 0.251 e. The van der Waals surface area contributed by atoms with Crippen molar-refractivity contribution in [3.8, 4) is 0 Å². The highest BCUT2D eigenvalue weighted by molar-refractivity contribution is 5.97. The Labute approximate surface area is 192 Å². The zero-order chi connectivity index (χ0) is 22.8. The Bertz CT molecular complexity index is 1310. The van der Waals surface area contributed by atoms with Crippen molar-refractivity contribution >= 4 is 23.2 Å². The van der Waals surface area contributed by atoms with Crippen LogP contribution < -0.4 is 10.2 Å². The maximum absolute atomic E-state index is 13.0. The molecule has 0 saturated carbocycles. The highest BCUT2D eigenvalue weighted by Gasteiger charge is 2.31. The van der Waals surface area contributed by atoms with Gasteiger partial charge in [0.2, 0.25) is 5.91 Å². The Kier molecular flexibility index (Phi) is 5.44. The number of anilines is 2. The number of fused-ring (bicyclic) bond motifs is 1. The second kappa shape index (κ2) is 8.70. The van der Waals surface area contributed by atoms with Crippen LogP contribution in [-0.2, 0) is 4.79 Å². The molecule has 0 bridgehead atoms. The third kappa shape index (κ3) is 4.25. The van der Waals surface area contributed by atoms with Crippen LogP contribution in [0.1, 0.15) is 28.3 Å². The van der Waals surface area contributed by atoms with E-state index in [0.29, 0.717) is 5.95 Å². The fraction of sp³-hybridized carbons (Fsp3) is 0.154. The number of carbonyl (C=O) groups excluding carboxylic acids is 1. The largest absolute Gasteiger partial charge is 0.325 e. The van der Waals surface area contributed by atoms with Crippen molar-refractivity contribution in [2.45, 2.75) is 19.9 Å². The molecule has 7 nitrogen and oxygen atoms in total. The number of tetrazole rings is 1. The van der Waals surface area contributed by atoms with Gasteiger partial charge in [0.05, 0.1) is 5.70 Å². The summed E-state index contributed by atoms with van der Waals surface area (Å²) in [6.45, 7) is 4.13. The van der Waals surface area contributed by atoms with Crippen LogP contribution in [0.15, 0.2) is 84.9 Å². The van der Waals surface area contributed by atoms with E-state index < -0.39 is 0 Å². The van der Waals surface area contributed by atoms with Gasteiger partial charge in [-0.15, -0.1) is 0 Å². The molecular formula is C26H24N6O. The van der Waals surface area contributed by atoms with Gasteiger partial charge >= 0.3 is 0 Å². The van der Waals surface area contributed by atoms with Crippen molar-refractivity contribution in [2.75, 3.05) is 16.8 Å². The lowest BCUT2D eigenvalue weighted by Crippen LogP contribution is -2.37. The second-order valence-electron chi connectivity index (χ2n) is 8.20. The first-order valence-electron chi connectivity index (χ1n) is 10.8. The molecule has 33 heavy (non-hydrogen) atoms. The fourth-order valence-corrected chi connectivity index (χ4v) is 4.05. The summed E-state index contributed by atoms with van der Waals surface area (Å²) in [5, 5.41) is 15.5. The van der Waals surface area contributed by atoms with Gasteiger partial charge in [0, 0.05) is 5.69 Å². The summed E-state index contributed by atoms with van der Waals surface area (Å²) in [4.78, 5) is 14.9. The van der Waals surface area contributed by atoms with Crippen LogP contribution in [0.4, 0.5) is 11.6 Å². The van der Waals surface area contributed by atoms with E-state index in [2.05, 4.69) is 70.2 Å². The summed E-state index contributed by atoms with van der Waals surface area (Å²) in [5.74, 6) is 0.382. The van der Waals surface area contributed by atoms with Gasteiger partial charge in [-0.25, -0.2) is 0 Å². The minimum Gasteiger partial charge on any atom is -0.325 e. The number of nitrogens with one attached hydrogen (secondary N) is 1. The van der Waals surface area contributed by atoms with Gasteiger partial charge in [-0.1, -0.05) is 77.4 Å². The molecule has 1 aliphatic rings. The van der Waals surface area contributed by atoms with Crippen LogP contribution in [0.3, 0.4) is 0 Å². The number of allylic oxidation sites excluding steroid dienone is 1. The molecule has 1 aliphatic heterocycles. The Balaban J connectivity index is 1.53. The molecule has 0 fully saturated rings. The average Bonchev–Trinajstić information content (AvgIpc) is 3.31. The second-order valence-corrected chi connectivity index (χ2v) is 8.20. The first-order chi connectivity index (χ1) is 16.1. The summed E-state index contributed by atoms with van der Waals surface area (Å²) in [6.07, 6.45) is 2.11. The molecule has 0 saturated heterocycles. The first kappa shape index (κ1) is 20.6. The van der Waals surface area contributed by atoms with Crippen molar-refractivity contribution in [3.05, 3.63) is 107 Å². The molecule has 0 unspecified atom stereocenters. The molecule has 1 amide bonds. The van der Waals surface area contributed by atoms with Crippen LogP contribution >= 0.6 is 0 Å². The van der Waals surface area contributed by atoms with Gasteiger partial charge in [0.1, 0.15) is 12.6 Å². The predicted molar refractivity (Wildman–Crippen MR) is 129 cm³/mol. The lowest BCUT2D eigenvalue weighted by molar-refractivity contribution is -0.114. The summed E-state index contributed by atoms with van der Waals surface area (Å²) in [5.41, 5.74) is 5.98. The Morgan fingerprint density at radius 3 is 2.48 bits per heavy atom. The zero-order valence-electron chi connectivity index (χ0n) is 18.5. The number of benzene rings is 3. The van der Waals surface area contributed by atoms with Gasteiger partial charge in [-0.2, -0.15) is 4.68 Å². The third-order valence-electron chi connectivity index (χ3n) is 5.68. The van der Waals surface area contributed by atoms with Crippen molar-refractivity contribution in [3.63, 3.8) is 0 Å². The quantitative estimate of drug-likeness (QED) is 0.503. The molecule has 1 atom stereocenters. The van der Waals surface area contributed by atoms with E-state index in [4.69, 9.17) is 0 Å². The van der Waals surface area contributed by atoms with Crippen LogP contribution in [-0.4, -0.2) is 32.7 Å². The lowest BCUT2D eigenvalue weighted by Gasteiger charge is -2.32. The van der Waals surface area contributed by atoms with E-state index in [1.165, 1.54) is 5.56 Å². The van der Waals surface area contributed by atoms with Crippen LogP contribution in [0, 0.1) is 13.8 Å². The topological polar surface area (TPSA) is 75.9 Å². The number of amides is 1. The summed E-state index contributed by atoms with van der Waals surface area (Å²) >= 11 is 0. The Morgan fingerprint density at radius 2 is 1.73 bits per heavy atom. The van der Waals surface area contributed by atoms with Gasteiger partial charge in [0.25, 0.3) is 5.95 Å². The number of hydrogen-bond acceptors (Lipinski definition) is 5. The molecule has 1 N–H and O–H groups in total. The van der Waals surface area contributed by atoms with Gasteiger partial charge in [0.15, 0.2) is 0 Å². The number of aromatic nitrogens is 4. The molecule has 0 spiro atoms. The summed E-state index contributed by atoms with van der Waals surface area (Å²) in [7, 11) is 0. The van der Waals surface area contributed by atoms with Crippen molar-refractivity contribution in [1.29, 1.82) is 0 Å². The molecular weight excluding hydrogens is 412 g/mol. The first-order valence-corrected chi connectivity index (χ1v) is 10.8. The minimum absolute atomic E-state index is 0.0789. The molecule has 1 aromatic heterocycles. The van der Waals surface area contributed by atoms with Crippen molar-refractivity contribution < 1.29 is 4.79 Å². The van der Waals surface area contributed by atoms with E-state index >= 15 is 0 Å². The molecule has 0 aliphatic carbocycles. The lowest BCUT2D eigenvalue weighted by atomic mass is 10.00. The van der Waals surface area contributed by atoms with Crippen molar-refractivity contribution in [2.24, 2.45) is 0 Å². The van der Waals surface area contributed by atoms with Gasteiger partial charge in [-0.3, -0.25) is 9.69 Å². The molecule has 2 heterocycles. The molecule has 7 heteroatoms. The fourth-order valence-electron chi connectivity index (χ4n) is 4.05. The minimum atomic E-state index is -0.177. The molecule has 164 valence electrons. The zero-order valence-corrected chi connectivity index (χ0v) is 18.5. The van der Waals surface area contributed by atoms with Crippen LogP contribution in [0.5, 0.6) is 0 Å². The van der Waals surface area contributed by atoms with E-state index in [0.717, 1.165) is 28.1 Å². The average molecular weight is 437 g/mol. The standard InChI is InChI=1S/C26H24N6O/c1-18-11-13-21(14-12-18)23-16-24(20-8-4-3-5-9-20)32-26(28-29-30-32)31(23)17-25(33)27-22-10-6-7-19(2)15-22/h3-16,24H,17H2,1-2H3,(H,27,33)/t24-/m1/s1. The third-order valence-corrected chi connectivity index (χ3v) is 5.68. The number of carbonyl (C=O) groups is 1. The number of hydrogen-bond donors (Lipinski definition) is 1. The predicted octanol–water partition coefficient (Wildman–Crippen LogP) is 4.38. The normalized spacial score (nSPS) is 15.0.